The van der Waals surface area contributed by atoms with Crippen LogP contribution in [-0.2, 0) is 0 Å². The van der Waals surface area contributed by atoms with Gasteiger partial charge in [0, 0.05) is 39.6 Å². The normalized spacial score (nSPS) is 16.4. The van der Waals surface area contributed by atoms with Crippen molar-refractivity contribution < 1.29 is 0 Å². The number of aromatic nitrogens is 4. The van der Waals surface area contributed by atoms with Gasteiger partial charge < -0.3 is 9.80 Å². The van der Waals surface area contributed by atoms with Crippen LogP contribution in [0, 0.1) is 5.92 Å². The third-order valence-electron chi connectivity index (χ3n) is 4.41. The second kappa shape index (κ2) is 5.56. The zero-order valence-corrected chi connectivity index (χ0v) is 14.5. The molecule has 0 aliphatic carbocycles. The molecule has 0 saturated carbocycles. The van der Waals surface area contributed by atoms with Gasteiger partial charge in [-0.25, -0.2) is 15.0 Å². The van der Waals surface area contributed by atoms with E-state index in [2.05, 4.69) is 21.8 Å². The van der Waals surface area contributed by atoms with E-state index in [0.717, 1.165) is 51.3 Å². The summed E-state index contributed by atoms with van der Waals surface area (Å²) in [6.45, 7) is 4.43. The van der Waals surface area contributed by atoms with Crippen molar-refractivity contribution in [3.05, 3.63) is 12.4 Å². The second-order valence-electron chi connectivity index (χ2n) is 6.40. The highest BCUT2D eigenvalue weighted by Gasteiger charge is 2.23. The van der Waals surface area contributed by atoms with Crippen molar-refractivity contribution in [1.82, 2.24) is 19.9 Å². The van der Waals surface area contributed by atoms with E-state index >= 15 is 0 Å². The molecule has 0 aromatic carbocycles. The fourth-order valence-corrected chi connectivity index (χ4v) is 4.03. The van der Waals surface area contributed by atoms with Gasteiger partial charge in [0.25, 0.3) is 0 Å². The number of hydrogen-bond donors (Lipinski definition) is 0. The van der Waals surface area contributed by atoms with Gasteiger partial charge in [0.15, 0.2) is 5.82 Å². The van der Waals surface area contributed by atoms with Gasteiger partial charge in [0.05, 0.1) is 0 Å². The number of piperidine rings is 1. The van der Waals surface area contributed by atoms with E-state index in [1.807, 2.05) is 19.0 Å². The lowest BCUT2D eigenvalue weighted by atomic mass is 9.99. The Kier molecular flexibility index (Phi) is 3.52. The Balaban J connectivity index is 1.93. The smallest absolute Gasteiger partial charge is 0.227 e. The van der Waals surface area contributed by atoms with Crippen molar-refractivity contribution in [1.29, 1.82) is 0 Å². The van der Waals surface area contributed by atoms with Crippen LogP contribution >= 0.6 is 11.3 Å². The Morgan fingerprint density at radius 2 is 1.83 bits per heavy atom. The largest absolute Gasteiger partial charge is 0.355 e. The van der Waals surface area contributed by atoms with Crippen LogP contribution in [-0.4, -0.2) is 47.1 Å². The topological polar surface area (TPSA) is 58.0 Å². The van der Waals surface area contributed by atoms with Gasteiger partial charge in [-0.1, -0.05) is 6.92 Å². The maximum absolute atomic E-state index is 4.84. The van der Waals surface area contributed by atoms with Crippen LogP contribution in [0.3, 0.4) is 0 Å². The van der Waals surface area contributed by atoms with Crippen molar-refractivity contribution in [3.63, 3.8) is 0 Å². The van der Waals surface area contributed by atoms with Crippen molar-refractivity contribution in [2.24, 2.45) is 5.92 Å². The molecule has 4 heterocycles. The van der Waals surface area contributed by atoms with Crippen LogP contribution in [0.5, 0.6) is 0 Å². The summed E-state index contributed by atoms with van der Waals surface area (Å²) in [6, 6.07) is 0. The minimum absolute atomic E-state index is 0.733. The first-order chi connectivity index (χ1) is 11.1. The summed E-state index contributed by atoms with van der Waals surface area (Å²) in [5, 5.41) is 0. The van der Waals surface area contributed by atoms with E-state index in [1.165, 1.54) is 12.8 Å². The standard InChI is InChI=1S/C16H20N6S/c1-10-4-8-22(9-5-10)14-13-11(19-16(20-14)21(2)3)12-15(23-13)18-7-6-17-12/h6-7,10H,4-5,8-9H2,1-3H3. The Morgan fingerprint density at radius 3 is 2.57 bits per heavy atom. The van der Waals surface area contributed by atoms with Crippen molar-refractivity contribution >= 4 is 43.7 Å². The van der Waals surface area contributed by atoms with Gasteiger partial charge in [-0.2, -0.15) is 4.98 Å². The zero-order chi connectivity index (χ0) is 16.0. The van der Waals surface area contributed by atoms with Gasteiger partial charge >= 0.3 is 0 Å². The molecule has 3 aromatic rings. The molecule has 0 atom stereocenters. The lowest BCUT2D eigenvalue weighted by Gasteiger charge is -2.31. The predicted molar refractivity (Wildman–Crippen MR) is 95.4 cm³/mol. The average molecular weight is 328 g/mol. The summed E-state index contributed by atoms with van der Waals surface area (Å²) >= 11 is 1.64. The number of rotatable bonds is 2. The third-order valence-corrected chi connectivity index (χ3v) is 5.48. The second-order valence-corrected chi connectivity index (χ2v) is 7.40. The van der Waals surface area contributed by atoms with Crippen LogP contribution in [0.1, 0.15) is 19.8 Å². The summed E-state index contributed by atoms with van der Waals surface area (Å²) < 4.78 is 1.10. The van der Waals surface area contributed by atoms with E-state index in [9.17, 15) is 0 Å². The molecule has 1 fully saturated rings. The summed E-state index contributed by atoms with van der Waals surface area (Å²) in [5.41, 5.74) is 1.80. The Bertz CT molecular complexity index is 850. The molecule has 4 rings (SSSR count). The van der Waals surface area contributed by atoms with Crippen LogP contribution in [0.15, 0.2) is 12.4 Å². The molecule has 23 heavy (non-hydrogen) atoms. The number of hydrogen-bond acceptors (Lipinski definition) is 7. The maximum atomic E-state index is 4.84. The average Bonchev–Trinajstić information content (AvgIpc) is 2.93. The number of thiophene rings is 1. The van der Waals surface area contributed by atoms with E-state index in [1.54, 1.807) is 23.7 Å². The van der Waals surface area contributed by atoms with Crippen LogP contribution in [0.4, 0.5) is 11.8 Å². The van der Waals surface area contributed by atoms with E-state index in [-0.39, 0.29) is 0 Å². The Labute approximate surface area is 139 Å². The zero-order valence-electron chi connectivity index (χ0n) is 13.7. The SMILES string of the molecule is CC1CCN(c2nc(N(C)C)nc3c2sc2nccnc23)CC1. The molecule has 0 unspecified atom stereocenters. The molecule has 0 spiro atoms. The van der Waals surface area contributed by atoms with E-state index < -0.39 is 0 Å². The van der Waals surface area contributed by atoms with E-state index in [0.29, 0.717) is 0 Å². The first kappa shape index (κ1) is 14.6. The number of nitrogens with zero attached hydrogens (tertiary/aromatic N) is 6. The molecule has 0 N–H and O–H groups in total. The molecule has 0 bridgehead atoms. The van der Waals surface area contributed by atoms with Gasteiger partial charge in [0.1, 0.15) is 20.6 Å². The number of anilines is 2. The molecule has 120 valence electrons. The highest BCUT2D eigenvalue weighted by Crippen LogP contribution is 2.37. The molecule has 3 aromatic heterocycles. The van der Waals surface area contributed by atoms with Crippen molar-refractivity contribution in [2.45, 2.75) is 19.8 Å². The minimum Gasteiger partial charge on any atom is -0.355 e. The molecular weight excluding hydrogens is 308 g/mol. The van der Waals surface area contributed by atoms with Crippen molar-refractivity contribution in [2.75, 3.05) is 37.0 Å². The van der Waals surface area contributed by atoms with Crippen LogP contribution < -0.4 is 9.80 Å². The lowest BCUT2D eigenvalue weighted by molar-refractivity contribution is 0.437. The van der Waals surface area contributed by atoms with Gasteiger partial charge in [0.2, 0.25) is 5.95 Å². The quantitative estimate of drug-likeness (QED) is 0.721. The van der Waals surface area contributed by atoms with Gasteiger partial charge in [-0.05, 0) is 18.8 Å². The maximum Gasteiger partial charge on any atom is 0.227 e. The summed E-state index contributed by atoms with van der Waals surface area (Å²) in [7, 11) is 3.95. The Morgan fingerprint density at radius 1 is 1.09 bits per heavy atom. The molecule has 1 aliphatic heterocycles. The molecule has 0 radical (unpaired) electrons. The highest BCUT2D eigenvalue weighted by atomic mass is 32.1. The van der Waals surface area contributed by atoms with E-state index in [4.69, 9.17) is 9.97 Å². The van der Waals surface area contributed by atoms with Crippen LogP contribution in [0.25, 0.3) is 20.6 Å². The summed E-state index contributed by atoms with van der Waals surface area (Å²) in [5.74, 6) is 2.56. The number of fused-ring (bicyclic) bond motifs is 3. The van der Waals surface area contributed by atoms with Crippen molar-refractivity contribution in [3.8, 4) is 0 Å². The fraction of sp³-hybridized carbons (Fsp3) is 0.500. The monoisotopic (exact) mass is 328 g/mol. The molecule has 7 heteroatoms. The predicted octanol–water partition coefficient (Wildman–Crippen LogP) is 2.94. The summed E-state index contributed by atoms with van der Waals surface area (Å²) in [6.07, 6.45) is 5.89. The molecule has 0 amide bonds. The fourth-order valence-electron chi connectivity index (χ4n) is 2.98. The highest BCUT2D eigenvalue weighted by molar-refractivity contribution is 7.25. The summed E-state index contributed by atoms with van der Waals surface area (Å²) in [4.78, 5) is 23.8. The third kappa shape index (κ3) is 2.49. The van der Waals surface area contributed by atoms with Gasteiger partial charge in [-0.3, -0.25) is 0 Å². The first-order valence-corrected chi connectivity index (χ1v) is 8.78. The molecular formula is C16H20N6S. The Hall–Kier alpha value is -2.02. The molecule has 6 nitrogen and oxygen atoms in total. The molecule has 1 aliphatic rings. The lowest BCUT2D eigenvalue weighted by Crippen LogP contribution is -2.33. The van der Waals surface area contributed by atoms with Crippen LogP contribution in [0.2, 0.25) is 0 Å². The van der Waals surface area contributed by atoms with Gasteiger partial charge in [-0.15, -0.1) is 11.3 Å². The minimum atomic E-state index is 0.733. The first-order valence-electron chi connectivity index (χ1n) is 7.97. The molecule has 1 saturated heterocycles.